The standard InChI is InChI=1S/C19H39N/c1-3-4-5-6-7-8-9-10-11-12-13-14-15-19(20-2)18-16-17-18/h18-20H,3-17H2,1-2H3. The Balaban J connectivity index is 1.72. The predicted molar refractivity (Wildman–Crippen MR) is 91.3 cm³/mol. The van der Waals surface area contributed by atoms with Gasteiger partial charge in [0.05, 0.1) is 0 Å². The van der Waals surface area contributed by atoms with Crippen LogP contribution < -0.4 is 5.32 Å². The van der Waals surface area contributed by atoms with Crippen molar-refractivity contribution in [3.8, 4) is 0 Å². The minimum absolute atomic E-state index is 0.832. The fraction of sp³-hybridized carbons (Fsp3) is 1.00. The van der Waals surface area contributed by atoms with Crippen molar-refractivity contribution in [2.24, 2.45) is 5.92 Å². The first-order valence-electron chi connectivity index (χ1n) is 9.55. The highest BCUT2D eigenvalue weighted by atomic mass is 14.9. The van der Waals surface area contributed by atoms with E-state index in [1.165, 1.54) is 96.3 Å². The molecule has 1 atom stereocenters. The second-order valence-electron chi connectivity index (χ2n) is 6.91. The zero-order valence-electron chi connectivity index (χ0n) is 14.3. The van der Waals surface area contributed by atoms with E-state index in [0.717, 1.165) is 12.0 Å². The molecule has 20 heavy (non-hydrogen) atoms. The smallest absolute Gasteiger partial charge is 0.00923 e. The highest BCUT2D eigenvalue weighted by Crippen LogP contribution is 2.34. The number of nitrogens with one attached hydrogen (secondary N) is 1. The van der Waals surface area contributed by atoms with Crippen LogP contribution in [0, 0.1) is 5.92 Å². The summed E-state index contributed by atoms with van der Waals surface area (Å²) in [7, 11) is 2.14. The second kappa shape index (κ2) is 12.7. The summed E-state index contributed by atoms with van der Waals surface area (Å²) in [6, 6.07) is 0.832. The van der Waals surface area contributed by atoms with Crippen molar-refractivity contribution in [1.29, 1.82) is 0 Å². The molecule has 1 N–H and O–H groups in total. The third kappa shape index (κ3) is 9.80. The lowest BCUT2D eigenvalue weighted by Crippen LogP contribution is -2.27. The summed E-state index contributed by atoms with van der Waals surface area (Å²) >= 11 is 0. The van der Waals surface area contributed by atoms with Gasteiger partial charge in [0.1, 0.15) is 0 Å². The lowest BCUT2D eigenvalue weighted by molar-refractivity contribution is 0.440. The van der Waals surface area contributed by atoms with Crippen LogP contribution in [0.5, 0.6) is 0 Å². The van der Waals surface area contributed by atoms with Crippen molar-refractivity contribution in [1.82, 2.24) is 5.32 Å². The molecule has 1 aliphatic carbocycles. The summed E-state index contributed by atoms with van der Waals surface area (Å²) in [5.41, 5.74) is 0. The van der Waals surface area contributed by atoms with E-state index in [1.807, 2.05) is 0 Å². The van der Waals surface area contributed by atoms with E-state index in [0.29, 0.717) is 0 Å². The van der Waals surface area contributed by atoms with Gasteiger partial charge in [-0.1, -0.05) is 84.0 Å². The maximum absolute atomic E-state index is 3.50. The molecule has 120 valence electrons. The summed E-state index contributed by atoms with van der Waals surface area (Å²) in [6.45, 7) is 2.30. The summed E-state index contributed by atoms with van der Waals surface area (Å²) in [5, 5.41) is 3.50. The van der Waals surface area contributed by atoms with E-state index in [9.17, 15) is 0 Å². The van der Waals surface area contributed by atoms with Crippen LogP contribution in [0.2, 0.25) is 0 Å². The Morgan fingerprint density at radius 1 is 0.750 bits per heavy atom. The number of hydrogen-bond donors (Lipinski definition) is 1. The summed E-state index contributed by atoms with van der Waals surface area (Å²) in [6.07, 6.45) is 21.9. The zero-order chi connectivity index (χ0) is 14.5. The molecule has 0 amide bonds. The first-order valence-corrected chi connectivity index (χ1v) is 9.55. The van der Waals surface area contributed by atoms with Crippen molar-refractivity contribution < 1.29 is 0 Å². The lowest BCUT2D eigenvalue weighted by Gasteiger charge is -2.14. The fourth-order valence-electron chi connectivity index (χ4n) is 3.32. The van der Waals surface area contributed by atoms with Gasteiger partial charge in [0, 0.05) is 6.04 Å². The summed E-state index contributed by atoms with van der Waals surface area (Å²) in [5.74, 6) is 1.02. The quantitative estimate of drug-likeness (QED) is 0.359. The number of rotatable bonds is 15. The van der Waals surface area contributed by atoms with Gasteiger partial charge in [0.15, 0.2) is 0 Å². The maximum atomic E-state index is 3.50. The van der Waals surface area contributed by atoms with Gasteiger partial charge in [-0.25, -0.2) is 0 Å². The van der Waals surface area contributed by atoms with Crippen molar-refractivity contribution in [2.45, 2.75) is 109 Å². The van der Waals surface area contributed by atoms with Crippen LogP contribution in [0.1, 0.15) is 103 Å². The third-order valence-electron chi connectivity index (χ3n) is 4.93. The Morgan fingerprint density at radius 3 is 1.60 bits per heavy atom. The van der Waals surface area contributed by atoms with E-state index in [4.69, 9.17) is 0 Å². The number of unbranched alkanes of at least 4 members (excludes halogenated alkanes) is 11. The van der Waals surface area contributed by atoms with E-state index >= 15 is 0 Å². The van der Waals surface area contributed by atoms with Gasteiger partial charge in [-0.05, 0) is 32.2 Å². The average molecular weight is 282 g/mol. The van der Waals surface area contributed by atoms with Crippen molar-refractivity contribution in [3.63, 3.8) is 0 Å². The molecule has 1 unspecified atom stereocenters. The Bertz CT molecular complexity index is 198. The molecule has 0 aromatic rings. The Kier molecular flexibility index (Phi) is 11.4. The third-order valence-corrected chi connectivity index (χ3v) is 4.93. The lowest BCUT2D eigenvalue weighted by atomic mass is 10.0. The van der Waals surface area contributed by atoms with Crippen molar-refractivity contribution in [2.75, 3.05) is 7.05 Å². The molecule has 0 bridgehead atoms. The summed E-state index contributed by atoms with van der Waals surface area (Å²) in [4.78, 5) is 0. The van der Waals surface area contributed by atoms with Crippen LogP contribution >= 0.6 is 0 Å². The molecule has 1 saturated carbocycles. The Hall–Kier alpha value is -0.0400. The van der Waals surface area contributed by atoms with Crippen molar-refractivity contribution in [3.05, 3.63) is 0 Å². The topological polar surface area (TPSA) is 12.0 Å². The Morgan fingerprint density at radius 2 is 1.20 bits per heavy atom. The molecule has 1 aliphatic rings. The highest BCUT2D eigenvalue weighted by Gasteiger charge is 2.29. The monoisotopic (exact) mass is 281 g/mol. The fourth-order valence-corrected chi connectivity index (χ4v) is 3.32. The predicted octanol–water partition coefficient (Wildman–Crippen LogP) is 6.08. The van der Waals surface area contributed by atoms with Gasteiger partial charge < -0.3 is 5.32 Å². The van der Waals surface area contributed by atoms with Crippen LogP contribution in [-0.4, -0.2) is 13.1 Å². The van der Waals surface area contributed by atoms with Gasteiger partial charge in [-0.15, -0.1) is 0 Å². The maximum Gasteiger partial charge on any atom is 0.00923 e. The molecule has 0 aliphatic heterocycles. The molecule has 1 nitrogen and oxygen atoms in total. The van der Waals surface area contributed by atoms with E-state index in [2.05, 4.69) is 19.3 Å². The van der Waals surface area contributed by atoms with Crippen LogP contribution in [0.15, 0.2) is 0 Å². The molecule has 0 saturated heterocycles. The molecular weight excluding hydrogens is 242 g/mol. The van der Waals surface area contributed by atoms with Gasteiger partial charge >= 0.3 is 0 Å². The SMILES string of the molecule is CCCCCCCCCCCCCCC(NC)C1CC1. The van der Waals surface area contributed by atoms with Gasteiger partial charge in [-0.2, -0.15) is 0 Å². The van der Waals surface area contributed by atoms with Gasteiger partial charge in [0.2, 0.25) is 0 Å². The highest BCUT2D eigenvalue weighted by molar-refractivity contribution is 4.85. The molecule has 0 spiro atoms. The molecule has 1 heteroatoms. The number of hydrogen-bond acceptors (Lipinski definition) is 1. The van der Waals surface area contributed by atoms with Crippen LogP contribution in [0.25, 0.3) is 0 Å². The average Bonchev–Trinajstić information content (AvgIpc) is 3.29. The Labute approximate surface area is 128 Å². The molecule has 0 radical (unpaired) electrons. The van der Waals surface area contributed by atoms with Crippen LogP contribution in [-0.2, 0) is 0 Å². The minimum Gasteiger partial charge on any atom is -0.317 e. The second-order valence-corrected chi connectivity index (χ2v) is 6.91. The molecular formula is C19H39N. The zero-order valence-corrected chi connectivity index (χ0v) is 14.3. The molecule has 0 aromatic carbocycles. The van der Waals surface area contributed by atoms with Gasteiger partial charge in [-0.3, -0.25) is 0 Å². The molecule has 1 rings (SSSR count). The first kappa shape index (κ1) is 18.0. The first-order chi connectivity index (χ1) is 9.88. The molecule has 0 heterocycles. The van der Waals surface area contributed by atoms with Gasteiger partial charge in [0.25, 0.3) is 0 Å². The normalized spacial score (nSPS) is 16.5. The van der Waals surface area contributed by atoms with Crippen LogP contribution in [0.4, 0.5) is 0 Å². The van der Waals surface area contributed by atoms with E-state index < -0.39 is 0 Å². The minimum atomic E-state index is 0.832. The molecule has 0 aromatic heterocycles. The van der Waals surface area contributed by atoms with E-state index in [-0.39, 0.29) is 0 Å². The van der Waals surface area contributed by atoms with Crippen LogP contribution in [0.3, 0.4) is 0 Å². The van der Waals surface area contributed by atoms with Crippen molar-refractivity contribution >= 4 is 0 Å². The molecule has 1 fully saturated rings. The summed E-state index contributed by atoms with van der Waals surface area (Å²) < 4.78 is 0. The van der Waals surface area contributed by atoms with E-state index in [1.54, 1.807) is 0 Å². The largest absolute Gasteiger partial charge is 0.317 e.